The van der Waals surface area contributed by atoms with Crippen LogP contribution in [0.3, 0.4) is 0 Å². The first-order valence-electron chi connectivity index (χ1n) is 5.76. The second kappa shape index (κ2) is 8.48. The van der Waals surface area contributed by atoms with Gasteiger partial charge in [0, 0.05) is 5.57 Å². The van der Waals surface area contributed by atoms with Crippen LogP contribution in [0.15, 0.2) is 11.6 Å². The van der Waals surface area contributed by atoms with Gasteiger partial charge in [0.1, 0.15) is 0 Å². The van der Waals surface area contributed by atoms with Crippen molar-refractivity contribution in [3.8, 4) is 0 Å². The van der Waals surface area contributed by atoms with E-state index in [4.69, 9.17) is 5.21 Å². The Kier molecular flexibility index (Phi) is 8.01. The number of rotatable bonds is 7. The highest BCUT2D eigenvalue weighted by Crippen LogP contribution is 2.17. The van der Waals surface area contributed by atoms with E-state index in [9.17, 15) is 4.79 Å². The lowest BCUT2D eigenvalue weighted by atomic mass is 9.95. The first kappa shape index (κ1) is 14.2. The second-order valence-corrected chi connectivity index (χ2v) is 3.98. The molecule has 0 saturated heterocycles. The fraction of sp³-hybridized carbons (Fsp3) is 0.750. The van der Waals surface area contributed by atoms with Gasteiger partial charge < -0.3 is 0 Å². The van der Waals surface area contributed by atoms with Crippen molar-refractivity contribution < 1.29 is 10.0 Å². The van der Waals surface area contributed by atoms with E-state index < -0.39 is 5.91 Å². The smallest absolute Gasteiger partial charge is 0.269 e. The topological polar surface area (TPSA) is 49.3 Å². The van der Waals surface area contributed by atoms with E-state index in [0.29, 0.717) is 11.5 Å². The van der Waals surface area contributed by atoms with E-state index in [1.54, 1.807) is 12.4 Å². The molecule has 88 valence electrons. The zero-order valence-corrected chi connectivity index (χ0v) is 10.0. The fourth-order valence-electron chi connectivity index (χ4n) is 1.51. The number of amides is 1. The molecule has 0 aliphatic heterocycles. The highest BCUT2D eigenvalue weighted by Gasteiger charge is 2.06. The third-order valence-electron chi connectivity index (χ3n) is 2.76. The van der Waals surface area contributed by atoms with Crippen molar-refractivity contribution >= 4 is 5.91 Å². The summed E-state index contributed by atoms with van der Waals surface area (Å²) < 4.78 is 0. The molecule has 0 aliphatic carbocycles. The molecule has 1 unspecified atom stereocenters. The first-order chi connectivity index (χ1) is 7.15. The molecule has 2 N–H and O–H groups in total. The summed E-state index contributed by atoms with van der Waals surface area (Å²) in [5.41, 5.74) is 2.23. The maximum absolute atomic E-state index is 11.0. The molecule has 0 spiro atoms. The molecule has 1 atom stereocenters. The van der Waals surface area contributed by atoms with E-state index in [-0.39, 0.29) is 0 Å². The Bertz CT molecular complexity index is 212. The second-order valence-electron chi connectivity index (χ2n) is 3.98. The number of hydroxylamine groups is 1. The molecule has 0 bridgehead atoms. The summed E-state index contributed by atoms with van der Waals surface area (Å²) in [6.07, 6.45) is 7.67. The van der Waals surface area contributed by atoms with E-state index in [1.165, 1.54) is 19.3 Å². The minimum absolute atomic E-state index is 0.402. The molecule has 0 saturated carbocycles. The molecule has 0 fully saturated rings. The molecule has 0 radical (unpaired) electrons. The van der Waals surface area contributed by atoms with Crippen LogP contribution < -0.4 is 5.48 Å². The van der Waals surface area contributed by atoms with Gasteiger partial charge in [0.05, 0.1) is 0 Å². The molecule has 0 aromatic carbocycles. The molecule has 0 heterocycles. The lowest BCUT2D eigenvalue weighted by molar-refractivity contribution is -0.125. The predicted octanol–water partition coefficient (Wildman–Crippen LogP) is 3.04. The quantitative estimate of drug-likeness (QED) is 0.388. The van der Waals surface area contributed by atoms with E-state index >= 15 is 0 Å². The van der Waals surface area contributed by atoms with Gasteiger partial charge in [0.15, 0.2) is 0 Å². The molecule has 0 aromatic heterocycles. The van der Waals surface area contributed by atoms with Crippen molar-refractivity contribution in [2.45, 2.75) is 52.9 Å². The number of hydrogen-bond acceptors (Lipinski definition) is 2. The van der Waals surface area contributed by atoms with Gasteiger partial charge in [-0.25, -0.2) is 5.48 Å². The van der Waals surface area contributed by atoms with Gasteiger partial charge in [-0.3, -0.25) is 10.0 Å². The standard InChI is InChI=1S/C12H23NO2/c1-4-6-7-11(5-2)9-8-10(3)12(14)13-15/h8,11,15H,4-7,9H2,1-3H3,(H,13,14). The number of allylic oxidation sites excluding steroid dienone is 1. The molecule has 0 rings (SSSR count). The van der Waals surface area contributed by atoms with Crippen LogP contribution in [-0.4, -0.2) is 11.1 Å². The van der Waals surface area contributed by atoms with Crippen molar-refractivity contribution in [2.24, 2.45) is 5.92 Å². The van der Waals surface area contributed by atoms with Gasteiger partial charge in [-0.1, -0.05) is 45.6 Å². The van der Waals surface area contributed by atoms with Gasteiger partial charge in [0.2, 0.25) is 0 Å². The molecule has 15 heavy (non-hydrogen) atoms. The first-order valence-corrected chi connectivity index (χ1v) is 5.76. The highest BCUT2D eigenvalue weighted by atomic mass is 16.5. The van der Waals surface area contributed by atoms with Crippen LogP contribution >= 0.6 is 0 Å². The molecule has 0 aliphatic rings. The summed E-state index contributed by atoms with van der Waals surface area (Å²) in [4.78, 5) is 11.0. The average molecular weight is 213 g/mol. The van der Waals surface area contributed by atoms with Gasteiger partial charge in [-0.15, -0.1) is 0 Å². The van der Waals surface area contributed by atoms with Crippen LogP contribution in [0, 0.1) is 5.92 Å². The van der Waals surface area contributed by atoms with Crippen LogP contribution in [0.4, 0.5) is 0 Å². The van der Waals surface area contributed by atoms with E-state index in [0.717, 1.165) is 12.8 Å². The van der Waals surface area contributed by atoms with Gasteiger partial charge in [-0.05, 0) is 19.3 Å². The van der Waals surface area contributed by atoms with Crippen LogP contribution in [0.25, 0.3) is 0 Å². The number of hydrogen-bond donors (Lipinski definition) is 2. The predicted molar refractivity (Wildman–Crippen MR) is 61.6 cm³/mol. The van der Waals surface area contributed by atoms with Crippen molar-refractivity contribution in [1.82, 2.24) is 5.48 Å². The van der Waals surface area contributed by atoms with Gasteiger partial charge in [-0.2, -0.15) is 0 Å². The molecule has 0 aromatic rings. The Morgan fingerprint density at radius 3 is 2.60 bits per heavy atom. The van der Waals surface area contributed by atoms with Crippen molar-refractivity contribution in [3.63, 3.8) is 0 Å². The molecule has 3 heteroatoms. The van der Waals surface area contributed by atoms with Gasteiger partial charge in [0.25, 0.3) is 5.91 Å². The summed E-state index contributed by atoms with van der Waals surface area (Å²) in [6, 6.07) is 0. The Labute approximate surface area is 92.5 Å². The largest absolute Gasteiger partial charge is 0.288 e. The Morgan fingerprint density at radius 2 is 2.13 bits per heavy atom. The lowest BCUT2D eigenvalue weighted by Gasteiger charge is -2.11. The van der Waals surface area contributed by atoms with Crippen LogP contribution in [-0.2, 0) is 4.79 Å². The highest BCUT2D eigenvalue weighted by molar-refractivity contribution is 5.91. The summed E-state index contributed by atoms with van der Waals surface area (Å²) in [7, 11) is 0. The summed E-state index contributed by atoms with van der Waals surface area (Å²) in [6.45, 7) is 6.08. The monoisotopic (exact) mass is 213 g/mol. The molecular weight excluding hydrogens is 190 g/mol. The number of carbonyl (C=O) groups is 1. The van der Waals surface area contributed by atoms with Crippen molar-refractivity contribution in [2.75, 3.05) is 0 Å². The van der Waals surface area contributed by atoms with Crippen molar-refractivity contribution in [1.29, 1.82) is 0 Å². The summed E-state index contributed by atoms with van der Waals surface area (Å²) in [5.74, 6) is 0.256. The number of nitrogens with one attached hydrogen (secondary N) is 1. The SMILES string of the molecule is CCCCC(CC)CC=C(C)C(=O)NO. The summed E-state index contributed by atoms with van der Waals surface area (Å²) >= 11 is 0. The fourth-order valence-corrected chi connectivity index (χ4v) is 1.51. The molecule has 1 amide bonds. The minimum atomic E-state index is -0.402. The Balaban J connectivity index is 4.02. The van der Waals surface area contributed by atoms with Crippen molar-refractivity contribution in [3.05, 3.63) is 11.6 Å². The number of unbranched alkanes of at least 4 members (excludes halogenated alkanes) is 1. The van der Waals surface area contributed by atoms with Crippen LogP contribution in [0.5, 0.6) is 0 Å². The minimum Gasteiger partial charge on any atom is -0.288 e. The third kappa shape index (κ3) is 6.28. The van der Waals surface area contributed by atoms with E-state index in [2.05, 4.69) is 13.8 Å². The third-order valence-corrected chi connectivity index (χ3v) is 2.76. The molecule has 3 nitrogen and oxygen atoms in total. The lowest BCUT2D eigenvalue weighted by Crippen LogP contribution is -2.19. The number of carbonyl (C=O) groups excluding carboxylic acids is 1. The van der Waals surface area contributed by atoms with Gasteiger partial charge >= 0.3 is 0 Å². The summed E-state index contributed by atoms with van der Waals surface area (Å²) in [5, 5.41) is 8.43. The van der Waals surface area contributed by atoms with Crippen LogP contribution in [0.2, 0.25) is 0 Å². The zero-order chi connectivity index (χ0) is 11.7. The average Bonchev–Trinajstić information content (AvgIpc) is 2.27. The zero-order valence-electron chi connectivity index (χ0n) is 10.0. The normalized spacial score (nSPS) is 13.7. The maximum Gasteiger partial charge on any atom is 0.269 e. The molecular formula is C12H23NO2. The van der Waals surface area contributed by atoms with E-state index in [1.807, 2.05) is 6.08 Å². The Hall–Kier alpha value is -0.830. The van der Waals surface area contributed by atoms with Crippen LogP contribution in [0.1, 0.15) is 52.9 Å². The Morgan fingerprint density at radius 1 is 1.47 bits per heavy atom. The maximum atomic E-state index is 11.0.